The molecule has 1 aliphatic rings. The number of pyridine rings is 1. The summed E-state index contributed by atoms with van der Waals surface area (Å²) in [5.74, 6) is 0.885. The van der Waals surface area contributed by atoms with E-state index in [2.05, 4.69) is 50.2 Å². The highest BCUT2D eigenvalue weighted by Crippen LogP contribution is 2.41. The predicted octanol–water partition coefficient (Wildman–Crippen LogP) is 3.93. The van der Waals surface area contributed by atoms with Gasteiger partial charge in [-0.25, -0.2) is 4.98 Å². The van der Waals surface area contributed by atoms with Gasteiger partial charge in [-0.05, 0) is 27.1 Å². The molecule has 1 aliphatic heterocycles. The van der Waals surface area contributed by atoms with E-state index in [1.807, 2.05) is 6.20 Å². The van der Waals surface area contributed by atoms with E-state index < -0.39 is 0 Å². The number of hydrogen-bond donors (Lipinski definition) is 1. The first-order valence-electron chi connectivity index (χ1n) is 6.21. The molecule has 0 aliphatic carbocycles. The second kappa shape index (κ2) is 4.10. The Balaban J connectivity index is 2.14. The standard InChI is InChI=1S/C15H11BrN2O/c16-12-8-18-15-13-11(7-17-15)10-4-2-1-3-9(10)5-6-19-14(12)13/h1-4,7-8H,5-6H2,(H,17,18). The summed E-state index contributed by atoms with van der Waals surface area (Å²) in [7, 11) is 0. The minimum Gasteiger partial charge on any atom is -0.491 e. The maximum Gasteiger partial charge on any atom is 0.146 e. The Morgan fingerprint density at radius 3 is 3.05 bits per heavy atom. The summed E-state index contributed by atoms with van der Waals surface area (Å²) in [6.07, 6.45) is 4.71. The van der Waals surface area contributed by atoms with Crippen molar-refractivity contribution in [2.45, 2.75) is 6.42 Å². The number of halogens is 1. The molecule has 4 rings (SSSR count). The summed E-state index contributed by atoms with van der Waals surface area (Å²) in [5, 5.41) is 1.06. The number of nitrogens with zero attached hydrogens (tertiary/aromatic N) is 1. The molecule has 3 nitrogen and oxygen atoms in total. The topological polar surface area (TPSA) is 37.9 Å². The second-order valence-electron chi connectivity index (χ2n) is 4.62. The van der Waals surface area contributed by atoms with E-state index in [0.717, 1.165) is 33.2 Å². The van der Waals surface area contributed by atoms with Crippen LogP contribution in [-0.2, 0) is 6.42 Å². The number of aromatic nitrogens is 2. The number of H-pyrrole nitrogens is 1. The number of aromatic amines is 1. The van der Waals surface area contributed by atoms with Gasteiger partial charge in [-0.15, -0.1) is 0 Å². The number of hydrogen-bond acceptors (Lipinski definition) is 2. The SMILES string of the molecule is Brc1cnc2[nH]cc3c2c1OCCc1ccccc1-3. The molecule has 0 radical (unpaired) electrons. The maximum absolute atomic E-state index is 5.94. The first kappa shape index (κ1) is 11.1. The van der Waals surface area contributed by atoms with Crippen molar-refractivity contribution >= 4 is 27.0 Å². The van der Waals surface area contributed by atoms with Crippen LogP contribution in [0.5, 0.6) is 5.75 Å². The Labute approximate surface area is 118 Å². The minimum atomic E-state index is 0.680. The Kier molecular flexibility index (Phi) is 2.38. The lowest BCUT2D eigenvalue weighted by Crippen LogP contribution is -2.06. The van der Waals surface area contributed by atoms with Crippen LogP contribution in [0.15, 0.2) is 41.1 Å². The molecule has 4 heteroatoms. The number of ether oxygens (including phenoxy) is 1. The van der Waals surface area contributed by atoms with E-state index in [-0.39, 0.29) is 0 Å². The lowest BCUT2D eigenvalue weighted by Gasteiger charge is -2.16. The summed E-state index contributed by atoms with van der Waals surface area (Å²) >= 11 is 3.53. The van der Waals surface area contributed by atoms with Gasteiger partial charge in [-0.2, -0.15) is 0 Å². The van der Waals surface area contributed by atoms with E-state index in [1.165, 1.54) is 11.1 Å². The van der Waals surface area contributed by atoms with Gasteiger partial charge in [0.2, 0.25) is 0 Å². The molecule has 94 valence electrons. The Morgan fingerprint density at radius 1 is 1.21 bits per heavy atom. The molecule has 3 aromatic rings. The predicted molar refractivity (Wildman–Crippen MR) is 78.4 cm³/mol. The third kappa shape index (κ3) is 1.60. The zero-order chi connectivity index (χ0) is 12.8. The van der Waals surface area contributed by atoms with E-state index >= 15 is 0 Å². The monoisotopic (exact) mass is 314 g/mol. The average molecular weight is 315 g/mol. The minimum absolute atomic E-state index is 0.680. The van der Waals surface area contributed by atoms with Gasteiger partial charge >= 0.3 is 0 Å². The fourth-order valence-corrected chi connectivity index (χ4v) is 3.08. The summed E-state index contributed by atoms with van der Waals surface area (Å²) in [6, 6.07) is 8.47. The number of nitrogens with one attached hydrogen (secondary N) is 1. The molecule has 0 bridgehead atoms. The highest BCUT2D eigenvalue weighted by molar-refractivity contribution is 9.10. The van der Waals surface area contributed by atoms with E-state index in [9.17, 15) is 0 Å². The molecule has 19 heavy (non-hydrogen) atoms. The van der Waals surface area contributed by atoms with Crippen molar-refractivity contribution in [3.05, 3.63) is 46.7 Å². The van der Waals surface area contributed by atoms with Gasteiger partial charge in [-0.1, -0.05) is 24.3 Å². The largest absolute Gasteiger partial charge is 0.491 e. The molecule has 0 saturated carbocycles. The fourth-order valence-electron chi connectivity index (χ4n) is 2.66. The Hall–Kier alpha value is -1.81. The number of fused-ring (bicyclic) bond motifs is 2. The Bertz CT molecular complexity index is 779. The van der Waals surface area contributed by atoms with Crippen LogP contribution in [0.1, 0.15) is 5.56 Å². The summed E-state index contributed by atoms with van der Waals surface area (Å²) in [4.78, 5) is 7.64. The van der Waals surface area contributed by atoms with Crippen molar-refractivity contribution in [3.63, 3.8) is 0 Å². The van der Waals surface area contributed by atoms with Crippen molar-refractivity contribution in [3.8, 4) is 16.9 Å². The first-order valence-corrected chi connectivity index (χ1v) is 7.00. The van der Waals surface area contributed by atoms with Gasteiger partial charge in [0.1, 0.15) is 11.4 Å². The van der Waals surface area contributed by atoms with Gasteiger partial charge in [0.15, 0.2) is 0 Å². The van der Waals surface area contributed by atoms with E-state index in [4.69, 9.17) is 4.74 Å². The van der Waals surface area contributed by atoms with Crippen molar-refractivity contribution in [1.82, 2.24) is 9.97 Å². The molecule has 0 spiro atoms. The lowest BCUT2D eigenvalue weighted by molar-refractivity contribution is 0.323. The van der Waals surface area contributed by atoms with Crippen LogP contribution in [0.3, 0.4) is 0 Å². The highest BCUT2D eigenvalue weighted by atomic mass is 79.9. The lowest BCUT2D eigenvalue weighted by atomic mass is 9.97. The molecular weight excluding hydrogens is 304 g/mol. The van der Waals surface area contributed by atoms with Crippen LogP contribution in [0.2, 0.25) is 0 Å². The summed E-state index contributed by atoms with van der Waals surface area (Å²) < 4.78 is 6.84. The smallest absolute Gasteiger partial charge is 0.146 e. The molecule has 2 aromatic heterocycles. The molecule has 1 aromatic carbocycles. The average Bonchev–Trinajstić information content (AvgIpc) is 2.83. The fraction of sp³-hybridized carbons (Fsp3) is 0.133. The third-order valence-corrected chi connectivity index (χ3v) is 4.10. The molecule has 0 fully saturated rings. The molecule has 0 saturated heterocycles. The Morgan fingerprint density at radius 2 is 2.11 bits per heavy atom. The van der Waals surface area contributed by atoms with Crippen LogP contribution in [-0.4, -0.2) is 16.6 Å². The quantitative estimate of drug-likeness (QED) is 0.682. The van der Waals surface area contributed by atoms with Crippen LogP contribution < -0.4 is 4.74 Å². The highest BCUT2D eigenvalue weighted by Gasteiger charge is 2.19. The van der Waals surface area contributed by atoms with Crippen molar-refractivity contribution in [2.75, 3.05) is 6.61 Å². The first-order chi connectivity index (χ1) is 9.34. The number of rotatable bonds is 0. The molecule has 0 amide bonds. The molecular formula is C15H11BrN2O. The maximum atomic E-state index is 5.94. The molecule has 0 atom stereocenters. The third-order valence-electron chi connectivity index (χ3n) is 3.54. The van der Waals surface area contributed by atoms with Gasteiger partial charge in [0, 0.05) is 24.4 Å². The van der Waals surface area contributed by atoms with Crippen LogP contribution in [0, 0.1) is 0 Å². The summed E-state index contributed by atoms with van der Waals surface area (Å²) in [5.41, 5.74) is 4.60. The van der Waals surface area contributed by atoms with Crippen molar-refractivity contribution in [2.24, 2.45) is 0 Å². The van der Waals surface area contributed by atoms with Crippen LogP contribution in [0.4, 0.5) is 0 Å². The van der Waals surface area contributed by atoms with Crippen LogP contribution in [0.25, 0.3) is 22.2 Å². The molecule has 3 heterocycles. The zero-order valence-electron chi connectivity index (χ0n) is 10.1. The zero-order valence-corrected chi connectivity index (χ0v) is 11.7. The molecule has 0 unspecified atom stereocenters. The van der Waals surface area contributed by atoms with Crippen molar-refractivity contribution in [1.29, 1.82) is 0 Å². The van der Waals surface area contributed by atoms with E-state index in [1.54, 1.807) is 6.20 Å². The van der Waals surface area contributed by atoms with Gasteiger partial charge in [0.05, 0.1) is 16.5 Å². The second-order valence-corrected chi connectivity index (χ2v) is 5.47. The molecule has 1 N–H and O–H groups in total. The van der Waals surface area contributed by atoms with Gasteiger partial charge in [-0.3, -0.25) is 0 Å². The number of benzene rings is 1. The summed E-state index contributed by atoms with van der Waals surface area (Å²) in [6.45, 7) is 0.680. The van der Waals surface area contributed by atoms with Gasteiger partial charge in [0.25, 0.3) is 0 Å². The normalized spacial score (nSPS) is 13.5. The van der Waals surface area contributed by atoms with E-state index in [0.29, 0.717) is 6.61 Å². The van der Waals surface area contributed by atoms with Crippen molar-refractivity contribution < 1.29 is 4.74 Å². The van der Waals surface area contributed by atoms with Gasteiger partial charge < -0.3 is 9.72 Å². The van der Waals surface area contributed by atoms with Crippen LogP contribution >= 0.6 is 15.9 Å².